The highest BCUT2D eigenvalue weighted by Gasteiger charge is 2.90. The van der Waals surface area contributed by atoms with Crippen molar-refractivity contribution in [1.29, 1.82) is 0 Å². The fourth-order valence-corrected chi connectivity index (χ4v) is 3.36. The lowest BCUT2D eigenvalue weighted by Crippen LogP contribution is -2.70. The molecule has 0 fully saturated rings. The normalized spacial score (nSPS) is 14.0. The van der Waals surface area contributed by atoms with Gasteiger partial charge < -0.3 is 4.74 Å². The van der Waals surface area contributed by atoms with Crippen molar-refractivity contribution in [2.24, 2.45) is 0 Å². The third-order valence-electron chi connectivity index (χ3n) is 4.66. The van der Waals surface area contributed by atoms with Gasteiger partial charge in [0.25, 0.3) is 0 Å². The van der Waals surface area contributed by atoms with Gasteiger partial charge >= 0.3 is 41.8 Å². The number of hydrogen-bond donors (Lipinski definition) is 0. The predicted octanol–water partition coefficient (Wildman–Crippen LogP) is 5.82. The molecule has 1 heterocycles. The largest absolute Gasteiger partial charge is 0.465 e. The van der Waals surface area contributed by atoms with Crippen molar-refractivity contribution in [1.82, 2.24) is 20.2 Å². The molecule has 2 aromatic rings. The fourth-order valence-electron chi connectivity index (χ4n) is 2.55. The summed E-state index contributed by atoms with van der Waals surface area (Å²) in [7, 11) is 0. The Morgan fingerprint density at radius 2 is 1.37 bits per heavy atom. The van der Waals surface area contributed by atoms with Gasteiger partial charge in [-0.15, -0.1) is 5.10 Å². The van der Waals surface area contributed by atoms with Crippen molar-refractivity contribution < 1.29 is 66.6 Å². The number of ether oxygens (including phenoxy) is 1. The van der Waals surface area contributed by atoms with E-state index in [1.807, 2.05) is 0 Å². The Hall–Kier alpha value is -2.80. The molecule has 0 aliphatic heterocycles. The van der Waals surface area contributed by atoms with Gasteiger partial charge in [-0.3, -0.25) is 4.79 Å². The molecule has 0 aliphatic carbocycles. The van der Waals surface area contributed by atoms with E-state index in [0.29, 0.717) is 5.69 Å². The smallest absolute Gasteiger partial charge is 0.460 e. The Kier molecular flexibility index (Phi) is 8.89. The van der Waals surface area contributed by atoms with Crippen molar-refractivity contribution in [3.8, 4) is 5.69 Å². The number of nitrogens with zero attached hydrogens (tertiary/aromatic N) is 4. The zero-order valence-electron chi connectivity index (χ0n) is 18.1. The fraction of sp³-hybridized carbons (Fsp3) is 0.556. The van der Waals surface area contributed by atoms with Crippen LogP contribution in [0.5, 0.6) is 0 Å². The summed E-state index contributed by atoms with van der Waals surface area (Å²) < 4.78 is 175. The average Bonchev–Trinajstić information content (AvgIpc) is 3.26. The number of aromatic nitrogens is 4. The van der Waals surface area contributed by atoms with E-state index in [0.717, 1.165) is 11.8 Å². The van der Waals surface area contributed by atoms with Crippen LogP contribution in [0.25, 0.3) is 5.69 Å². The number of carbonyl (C=O) groups is 1. The van der Waals surface area contributed by atoms with E-state index in [1.54, 1.807) is 30.3 Å². The third kappa shape index (κ3) is 5.78. The molecular formula is C18H13F13N4O2S. The summed E-state index contributed by atoms with van der Waals surface area (Å²) in [6.45, 7) is -1.80. The van der Waals surface area contributed by atoms with Crippen LogP contribution >= 0.6 is 11.8 Å². The molecule has 0 amide bonds. The van der Waals surface area contributed by atoms with Crippen molar-refractivity contribution in [2.75, 3.05) is 12.4 Å². The molecule has 20 heteroatoms. The van der Waals surface area contributed by atoms with Crippen molar-refractivity contribution in [3.05, 3.63) is 30.3 Å². The standard InChI is InChI=1S/C18H13F13N4O2S/c19-13(20,14(21,22)15(23,24)16(25,26)17(27,28)18(29,30)31)7-8-37-11(36)6-9-38-12-32-33-34-35(12)10-4-2-1-3-5-10/h1-5H,6-9H2. The first-order chi connectivity index (χ1) is 17.2. The number of halogens is 13. The maximum atomic E-state index is 13.7. The van der Waals surface area contributed by atoms with E-state index in [9.17, 15) is 61.9 Å². The Bertz CT molecular complexity index is 1090. The van der Waals surface area contributed by atoms with E-state index < -0.39 is 61.2 Å². The van der Waals surface area contributed by atoms with Crippen LogP contribution in [-0.4, -0.2) is 74.3 Å². The van der Waals surface area contributed by atoms with Crippen molar-refractivity contribution >= 4 is 17.7 Å². The molecule has 1 aromatic heterocycles. The summed E-state index contributed by atoms with van der Waals surface area (Å²) in [4.78, 5) is 11.6. The Morgan fingerprint density at radius 1 is 0.816 bits per heavy atom. The highest BCUT2D eigenvalue weighted by Crippen LogP contribution is 2.60. The second-order valence-corrected chi connectivity index (χ2v) is 8.34. The topological polar surface area (TPSA) is 69.9 Å². The Morgan fingerprint density at radius 3 is 1.92 bits per heavy atom. The van der Waals surface area contributed by atoms with Gasteiger partial charge in [-0.2, -0.15) is 61.8 Å². The minimum atomic E-state index is -7.98. The zero-order chi connectivity index (χ0) is 29.2. The molecular weight excluding hydrogens is 583 g/mol. The number of esters is 1. The summed E-state index contributed by atoms with van der Waals surface area (Å²) in [5.41, 5.74) is 0.515. The van der Waals surface area contributed by atoms with E-state index in [2.05, 4.69) is 20.3 Å². The van der Waals surface area contributed by atoms with Crippen LogP contribution < -0.4 is 0 Å². The molecule has 0 spiro atoms. The first-order valence-corrected chi connectivity index (χ1v) is 10.8. The van der Waals surface area contributed by atoms with E-state index in [4.69, 9.17) is 0 Å². The molecule has 0 atom stereocenters. The monoisotopic (exact) mass is 596 g/mol. The molecule has 214 valence electrons. The summed E-state index contributed by atoms with van der Waals surface area (Å²) in [5.74, 6) is -38.9. The van der Waals surface area contributed by atoms with Crippen LogP contribution in [0.4, 0.5) is 57.1 Å². The van der Waals surface area contributed by atoms with Crippen LogP contribution in [-0.2, 0) is 9.53 Å². The molecule has 6 nitrogen and oxygen atoms in total. The second kappa shape index (κ2) is 10.8. The van der Waals surface area contributed by atoms with Gasteiger partial charge in [0.2, 0.25) is 5.16 Å². The Labute approximate surface area is 207 Å². The van der Waals surface area contributed by atoms with Gasteiger partial charge in [0.05, 0.1) is 25.1 Å². The summed E-state index contributed by atoms with van der Waals surface area (Å²) >= 11 is 0.843. The minimum Gasteiger partial charge on any atom is -0.465 e. The van der Waals surface area contributed by atoms with Crippen molar-refractivity contribution in [3.63, 3.8) is 0 Å². The number of carbonyl (C=O) groups excluding carboxylic acids is 1. The van der Waals surface area contributed by atoms with Gasteiger partial charge in [-0.1, -0.05) is 30.0 Å². The number of para-hydroxylation sites is 1. The van der Waals surface area contributed by atoms with Gasteiger partial charge in [0, 0.05) is 5.75 Å². The third-order valence-corrected chi connectivity index (χ3v) is 5.58. The van der Waals surface area contributed by atoms with Crippen LogP contribution in [0.15, 0.2) is 35.5 Å². The average molecular weight is 596 g/mol. The maximum Gasteiger partial charge on any atom is 0.460 e. The molecule has 0 saturated heterocycles. The molecule has 38 heavy (non-hydrogen) atoms. The number of rotatable bonds is 12. The minimum absolute atomic E-state index is 0.147. The first kappa shape index (κ1) is 31.4. The lowest BCUT2D eigenvalue weighted by molar-refractivity contribution is -0.440. The van der Waals surface area contributed by atoms with Gasteiger partial charge in [-0.05, 0) is 22.6 Å². The zero-order valence-corrected chi connectivity index (χ0v) is 19.0. The Balaban J connectivity index is 1.97. The number of alkyl halides is 13. The van der Waals surface area contributed by atoms with Crippen LogP contribution in [0.1, 0.15) is 12.8 Å². The summed E-state index contributed by atoms with van der Waals surface area (Å²) in [6.07, 6.45) is -10.7. The highest BCUT2D eigenvalue weighted by atomic mass is 32.2. The SMILES string of the molecule is O=C(CCSc1nnnn1-c1ccccc1)OCCC(F)(F)C(F)(F)C(F)(F)C(F)(F)C(F)(F)C(F)(F)F. The first-order valence-electron chi connectivity index (χ1n) is 9.79. The maximum absolute atomic E-state index is 13.7. The number of thioether (sulfide) groups is 1. The van der Waals surface area contributed by atoms with Crippen LogP contribution in [0.3, 0.4) is 0 Å². The van der Waals surface area contributed by atoms with Gasteiger partial charge in [-0.25, -0.2) is 0 Å². The second-order valence-electron chi connectivity index (χ2n) is 7.28. The lowest BCUT2D eigenvalue weighted by Gasteiger charge is -2.39. The number of benzene rings is 1. The molecule has 1 aromatic carbocycles. The van der Waals surface area contributed by atoms with Gasteiger partial charge in [0.15, 0.2) is 0 Å². The lowest BCUT2D eigenvalue weighted by atomic mass is 9.93. The molecule has 0 N–H and O–H groups in total. The summed E-state index contributed by atoms with van der Waals surface area (Å²) in [5, 5.41) is 10.9. The van der Waals surface area contributed by atoms with E-state index in [1.165, 1.54) is 4.68 Å². The quantitative estimate of drug-likeness (QED) is 0.175. The molecule has 2 rings (SSSR count). The van der Waals surface area contributed by atoms with Crippen molar-refractivity contribution in [2.45, 2.75) is 53.8 Å². The molecule has 0 aliphatic rings. The molecule has 0 radical (unpaired) electrons. The molecule has 0 saturated carbocycles. The molecule has 0 unspecified atom stereocenters. The van der Waals surface area contributed by atoms with E-state index >= 15 is 0 Å². The number of hydrogen-bond acceptors (Lipinski definition) is 6. The highest BCUT2D eigenvalue weighted by molar-refractivity contribution is 7.99. The summed E-state index contributed by atoms with van der Waals surface area (Å²) in [6, 6.07) is 8.24. The predicted molar refractivity (Wildman–Crippen MR) is 101 cm³/mol. The van der Waals surface area contributed by atoms with E-state index in [-0.39, 0.29) is 10.9 Å². The van der Waals surface area contributed by atoms with Gasteiger partial charge in [0.1, 0.15) is 0 Å². The van der Waals surface area contributed by atoms with Crippen LogP contribution in [0, 0.1) is 0 Å². The van der Waals surface area contributed by atoms with Crippen LogP contribution in [0.2, 0.25) is 0 Å². The number of tetrazole rings is 1. The molecule has 0 bridgehead atoms.